The molecule has 0 aliphatic carbocycles. The highest BCUT2D eigenvalue weighted by molar-refractivity contribution is 5.76. The highest BCUT2D eigenvalue weighted by Crippen LogP contribution is 2.38. The van der Waals surface area contributed by atoms with E-state index in [9.17, 15) is 9.18 Å². The second kappa shape index (κ2) is 2.81. The molecule has 1 aromatic carbocycles. The summed E-state index contributed by atoms with van der Waals surface area (Å²) in [6.45, 7) is 0. The van der Waals surface area contributed by atoms with E-state index in [2.05, 4.69) is 0 Å². The van der Waals surface area contributed by atoms with Crippen LogP contribution in [0.15, 0.2) is 24.3 Å². The second-order valence-corrected chi connectivity index (χ2v) is 2.87. The van der Waals surface area contributed by atoms with E-state index in [1.807, 2.05) is 0 Å². The van der Waals surface area contributed by atoms with E-state index in [0.29, 0.717) is 5.56 Å². The molecule has 0 unspecified atom stereocenters. The van der Waals surface area contributed by atoms with E-state index in [1.165, 1.54) is 24.3 Å². The molecular weight excluding hydrogens is 175 g/mol. The average Bonchev–Trinajstić information content (AvgIpc) is 2.85. The van der Waals surface area contributed by atoms with Crippen LogP contribution in [0, 0.1) is 5.82 Å². The molecule has 2 rings (SSSR count). The maximum atomic E-state index is 12.5. The van der Waals surface area contributed by atoms with Crippen LogP contribution in [0.25, 0.3) is 0 Å². The van der Waals surface area contributed by atoms with Crippen LogP contribution in [0.1, 0.15) is 11.7 Å². The second-order valence-electron chi connectivity index (χ2n) is 2.87. The Kier molecular flexibility index (Phi) is 1.77. The molecule has 13 heavy (non-hydrogen) atoms. The predicted molar refractivity (Wildman–Crippen MR) is 41.6 cm³/mol. The zero-order chi connectivity index (χ0) is 9.42. The van der Waals surface area contributed by atoms with Crippen LogP contribution in [0.5, 0.6) is 0 Å². The fraction of sp³-hybridized carbons (Fsp3) is 0.222. The first-order valence-corrected chi connectivity index (χ1v) is 3.82. The number of epoxide rings is 1. The van der Waals surface area contributed by atoms with Gasteiger partial charge in [-0.05, 0) is 17.7 Å². The van der Waals surface area contributed by atoms with Crippen LogP contribution in [0.3, 0.4) is 0 Å². The number of rotatable bonds is 2. The van der Waals surface area contributed by atoms with E-state index >= 15 is 0 Å². The van der Waals surface area contributed by atoms with Gasteiger partial charge in [0.05, 0.1) is 0 Å². The Morgan fingerprint density at radius 2 is 2.00 bits per heavy atom. The molecule has 1 fully saturated rings. The van der Waals surface area contributed by atoms with E-state index in [1.54, 1.807) is 0 Å². The van der Waals surface area contributed by atoms with Crippen molar-refractivity contribution in [1.29, 1.82) is 0 Å². The Morgan fingerprint density at radius 1 is 1.38 bits per heavy atom. The Hall–Kier alpha value is -1.42. The Morgan fingerprint density at radius 3 is 2.46 bits per heavy atom. The summed E-state index contributed by atoms with van der Waals surface area (Å²) in [6.07, 6.45) is -1.16. The van der Waals surface area contributed by atoms with E-state index < -0.39 is 18.2 Å². The van der Waals surface area contributed by atoms with Crippen molar-refractivity contribution in [3.63, 3.8) is 0 Å². The van der Waals surface area contributed by atoms with Gasteiger partial charge in [0.25, 0.3) is 0 Å². The highest BCUT2D eigenvalue weighted by atomic mass is 19.1. The fourth-order valence-electron chi connectivity index (χ4n) is 1.21. The Balaban J connectivity index is 2.12. The Labute approximate surface area is 73.8 Å². The maximum absolute atomic E-state index is 12.5. The third-order valence-electron chi connectivity index (χ3n) is 1.93. The van der Waals surface area contributed by atoms with Crippen LogP contribution < -0.4 is 0 Å². The summed E-state index contributed by atoms with van der Waals surface area (Å²) < 4.78 is 17.4. The SMILES string of the molecule is O=C(O)[C@H]1O[C@H]1c1ccc(F)cc1. The van der Waals surface area contributed by atoms with Crippen LogP contribution in [-0.4, -0.2) is 17.2 Å². The van der Waals surface area contributed by atoms with Gasteiger partial charge in [0.1, 0.15) is 11.9 Å². The molecule has 1 aliphatic rings. The monoisotopic (exact) mass is 182 g/mol. The van der Waals surface area contributed by atoms with Gasteiger partial charge >= 0.3 is 5.97 Å². The number of carboxylic acid groups (broad SMARTS) is 1. The number of halogens is 1. The zero-order valence-electron chi connectivity index (χ0n) is 6.61. The van der Waals surface area contributed by atoms with Gasteiger partial charge in [-0.25, -0.2) is 9.18 Å². The summed E-state index contributed by atoms with van der Waals surface area (Å²) in [7, 11) is 0. The number of ether oxygens (including phenoxy) is 1. The average molecular weight is 182 g/mol. The number of hydrogen-bond acceptors (Lipinski definition) is 2. The highest BCUT2D eigenvalue weighted by Gasteiger charge is 2.46. The van der Waals surface area contributed by atoms with Gasteiger partial charge in [0, 0.05) is 0 Å². The quantitative estimate of drug-likeness (QED) is 0.702. The largest absolute Gasteiger partial charge is 0.479 e. The zero-order valence-corrected chi connectivity index (χ0v) is 6.61. The molecule has 3 nitrogen and oxygen atoms in total. The minimum Gasteiger partial charge on any atom is -0.479 e. The van der Waals surface area contributed by atoms with Gasteiger partial charge < -0.3 is 9.84 Å². The lowest BCUT2D eigenvalue weighted by molar-refractivity contribution is -0.138. The smallest absolute Gasteiger partial charge is 0.335 e. The number of benzene rings is 1. The normalized spacial score (nSPS) is 25.6. The van der Waals surface area contributed by atoms with Gasteiger partial charge in [-0.2, -0.15) is 0 Å². The molecule has 0 aromatic heterocycles. The molecule has 0 spiro atoms. The summed E-state index contributed by atoms with van der Waals surface area (Å²) in [5.41, 5.74) is 0.703. The van der Waals surface area contributed by atoms with Gasteiger partial charge in [0.2, 0.25) is 0 Å². The standard InChI is InChI=1S/C9H7FO3/c10-6-3-1-5(2-4-6)7-8(13-7)9(11)12/h1-4,7-8H,(H,11,12)/t7-,8-/m0/s1. The van der Waals surface area contributed by atoms with Crippen LogP contribution in [0.2, 0.25) is 0 Å². The van der Waals surface area contributed by atoms with Crippen molar-refractivity contribution in [1.82, 2.24) is 0 Å². The molecule has 1 aliphatic heterocycles. The number of carbonyl (C=O) groups is 1. The number of carboxylic acids is 1. The van der Waals surface area contributed by atoms with Crippen molar-refractivity contribution in [2.24, 2.45) is 0 Å². The molecule has 1 N–H and O–H groups in total. The van der Waals surface area contributed by atoms with Crippen molar-refractivity contribution in [2.45, 2.75) is 12.2 Å². The first-order valence-electron chi connectivity index (χ1n) is 3.82. The predicted octanol–water partition coefficient (Wildman–Crippen LogP) is 1.35. The minimum absolute atomic E-state index is 0.337. The molecule has 0 bridgehead atoms. The van der Waals surface area contributed by atoms with Gasteiger partial charge in [-0.3, -0.25) is 0 Å². The third kappa shape index (κ3) is 1.53. The van der Waals surface area contributed by atoms with Crippen molar-refractivity contribution in [2.75, 3.05) is 0 Å². The molecule has 2 atom stereocenters. The van der Waals surface area contributed by atoms with Crippen LogP contribution in [0.4, 0.5) is 4.39 Å². The summed E-state index contributed by atoms with van der Waals surface area (Å²) >= 11 is 0. The van der Waals surface area contributed by atoms with Crippen molar-refractivity contribution >= 4 is 5.97 Å². The molecule has 1 saturated heterocycles. The summed E-state index contributed by atoms with van der Waals surface area (Å²) in [5.74, 6) is -1.31. The van der Waals surface area contributed by atoms with E-state index in [-0.39, 0.29) is 5.82 Å². The third-order valence-corrected chi connectivity index (χ3v) is 1.93. The summed E-state index contributed by atoms with van der Waals surface area (Å²) in [5, 5.41) is 8.54. The Bertz CT molecular complexity index is 333. The van der Waals surface area contributed by atoms with Crippen molar-refractivity contribution < 1.29 is 19.0 Å². The molecule has 1 heterocycles. The van der Waals surface area contributed by atoms with Crippen LogP contribution >= 0.6 is 0 Å². The number of aliphatic carboxylic acids is 1. The summed E-state index contributed by atoms with van der Waals surface area (Å²) in [4.78, 5) is 10.4. The lowest BCUT2D eigenvalue weighted by Crippen LogP contribution is -2.04. The van der Waals surface area contributed by atoms with Gasteiger partial charge in [-0.1, -0.05) is 12.1 Å². The molecule has 0 radical (unpaired) electrons. The maximum Gasteiger partial charge on any atom is 0.335 e. The molecule has 0 amide bonds. The van der Waals surface area contributed by atoms with E-state index in [0.717, 1.165) is 0 Å². The van der Waals surface area contributed by atoms with Crippen molar-refractivity contribution in [3.05, 3.63) is 35.6 Å². The summed E-state index contributed by atoms with van der Waals surface area (Å²) in [6, 6.07) is 5.64. The van der Waals surface area contributed by atoms with Crippen LogP contribution in [-0.2, 0) is 9.53 Å². The lowest BCUT2D eigenvalue weighted by atomic mass is 10.1. The minimum atomic E-state index is -0.977. The van der Waals surface area contributed by atoms with Crippen molar-refractivity contribution in [3.8, 4) is 0 Å². The molecule has 0 saturated carbocycles. The molecular formula is C9H7FO3. The molecule has 4 heteroatoms. The topological polar surface area (TPSA) is 49.8 Å². The number of hydrogen-bond donors (Lipinski definition) is 1. The van der Waals surface area contributed by atoms with Gasteiger partial charge in [0.15, 0.2) is 6.10 Å². The van der Waals surface area contributed by atoms with Gasteiger partial charge in [-0.15, -0.1) is 0 Å². The fourth-order valence-corrected chi connectivity index (χ4v) is 1.21. The van der Waals surface area contributed by atoms with E-state index in [4.69, 9.17) is 9.84 Å². The lowest BCUT2D eigenvalue weighted by Gasteiger charge is -1.93. The molecule has 1 aromatic rings. The first kappa shape index (κ1) is 8.19. The first-order chi connectivity index (χ1) is 6.18. The molecule has 68 valence electrons.